The van der Waals surface area contributed by atoms with E-state index in [9.17, 15) is 9.59 Å². The van der Waals surface area contributed by atoms with Gasteiger partial charge in [-0.3, -0.25) is 9.48 Å². The van der Waals surface area contributed by atoms with E-state index in [1.165, 1.54) is 11.3 Å². The van der Waals surface area contributed by atoms with E-state index in [-0.39, 0.29) is 40.8 Å². The molecule has 4 aliphatic rings. The van der Waals surface area contributed by atoms with Gasteiger partial charge in [-0.25, -0.2) is 4.79 Å². The number of aryl methyl sites for hydroxylation is 2. The number of thiophene rings is 1. The highest BCUT2D eigenvalue weighted by atomic mass is 32.1. The normalized spacial score (nSPS) is 29.7. The summed E-state index contributed by atoms with van der Waals surface area (Å²) in [5.74, 6) is 2.17. The van der Waals surface area contributed by atoms with Gasteiger partial charge in [0, 0.05) is 56.0 Å². The largest absolute Gasteiger partial charge is 0.500 e. The number of amides is 3. The second kappa shape index (κ2) is 9.53. The first-order chi connectivity index (χ1) is 19.1. The van der Waals surface area contributed by atoms with E-state index < -0.39 is 0 Å². The standard InChI is InChI=1S/C30H41N5O4S/c1-8-35-28(37)34-17-20-14-21(38-6)15-25(39-7)29(20,4)18(2)13-24(34)30(35)9-11-33(12-10-30)26(36)23-16-22-19(3)31-32(5)27(22)40-23/h14-16,18,20,24H,8-13,17H2,1-7H3. The van der Waals surface area contributed by atoms with E-state index in [1.54, 1.807) is 14.2 Å². The highest BCUT2D eigenvalue weighted by Gasteiger charge is 2.61. The molecule has 0 saturated carbocycles. The maximum absolute atomic E-state index is 14.0. The van der Waals surface area contributed by atoms with Crippen molar-refractivity contribution in [1.82, 2.24) is 24.5 Å². The van der Waals surface area contributed by atoms with Crippen molar-refractivity contribution in [2.75, 3.05) is 40.4 Å². The second-order valence-electron chi connectivity index (χ2n) is 12.1. The van der Waals surface area contributed by atoms with Crippen molar-refractivity contribution in [3.05, 3.63) is 40.3 Å². The zero-order valence-corrected chi connectivity index (χ0v) is 25.5. The topological polar surface area (TPSA) is 80.1 Å². The number of methoxy groups -OCH3 is 2. The minimum atomic E-state index is -0.286. The molecule has 216 valence electrons. The van der Waals surface area contributed by atoms with Gasteiger partial charge in [0.15, 0.2) is 0 Å². The van der Waals surface area contributed by atoms with Crippen LogP contribution >= 0.6 is 11.3 Å². The molecule has 10 heteroatoms. The van der Waals surface area contributed by atoms with Gasteiger partial charge in [0.2, 0.25) is 0 Å². The molecule has 5 heterocycles. The number of ether oxygens (including phenoxy) is 2. The minimum Gasteiger partial charge on any atom is -0.500 e. The summed E-state index contributed by atoms with van der Waals surface area (Å²) in [6.07, 6.45) is 6.65. The number of fused-ring (bicyclic) bond motifs is 4. The number of piperidine rings is 1. The number of carbonyl (C=O) groups excluding carboxylic acids is 2. The fourth-order valence-corrected chi connectivity index (χ4v) is 9.14. The lowest BCUT2D eigenvalue weighted by Crippen LogP contribution is -2.59. The number of carbonyl (C=O) groups is 2. The first-order valence-electron chi connectivity index (χ1n) is 14.4. The fraction of sp³-hybridized carbons (Fsp3) is 0.633. The molecular formula is C30H41N5O4S. The smallest absolute Gasteiger partial charge is 0.320 e. The Bertz CT molecular complexity index is 1380. The first-order valence-corrected chi connectivity index (χ1v) is 15.2. The third kappa shape index (κ3) is 3.67. The quantitative estimate of drug-likeness (QED) is 0.531. The van der Waals surface area contributed by atoms with E-state index in [1.807, 2.05) is 35.7 Å². The lowest BCUT2D eigenvalue weighted by molar-refractivity contribution is 0.0332. The predicted octanol–water partition coefficient (Wildman–Crippen LogP) is 4.78. The lowest BCUT2D eigenvalue weighted by Gasteiger charge is -2.48. The van der Waals surface area contributed by atoms with E-state index in [0.717, 1.165) is 51.6 Å². The zero-order valence-electron chi connectivity index (χ0n) is 24.7. The number of aromatic nitrogens is 2. The van der Waals surface area contributed by atoms with Crippen LogP contribution in [0.5, 0.6) is 0 Å². The van der Waals surface area contributed by atoms with Crippen molar-refractivity contribution >= 4 is 33.5 Å². The highest BCUT2D eigenvalue weighted by molar-refractivity contribution is 7.20. The Morgan fingerprint density at radius 1 is 1.23 bits per heavy atom. The first kappa shape index (κ1) is 27.2. The molecule has 2 aromatic rings. The summed E-state index contributed by atoms with van der Waals surface area (Å²) in [5, 5.41) is 5.53. The van der Waals surface area contributed by atoms with Gasteiger partial charge < -0.3 is 24.2 Å². The zero-order chi connectivity index (χ0) is 28.6. The highest BCUT2D eigenvalue weighted by Crippen LogP contribution is 2.55. The van der Waals surface area contributed by atoms with Gasteiger partial charge in [-0.2, -0.15) is 5.10 Å². The summed E-state index contributed by atoms with van der Waals surface area (Å²) < 4.78 is 13.4. The molecule has 0 N–H and O–H groups in total. The Morgan fingerprint density at radius 3 is 2.58 bits per heavy atom. The molecule has 0 radical (unpaired) electrons. The number of rotatable bonds is 4. The van der Waals surface area contributed by atoms with Crippen LogP contribution in [0, 0.1) is 24.2 Å². The van der Waals surface area contributed by atoms with Crippen LogP contribution in [0.1, 0.15) is 55.4 Å². The van der Waals surface area contributed by atoms with Crippen molar-refractivity contribution in [2.45, 2.75) is 58.5 Å². The molecule has 3 fully saturated rings. The van der Waals surface area contributed by atoms with Crippen LogP contribution in [-0.2, 0) is 16.5 Å². The van der Waals surface area contributed by atoms with Gasteiger partial charge >= 0.3 is 6.03 Å². The molecule has 40 heavy (non-hydrogen) atoms. The number of likely N-dealkylation sites (N-methyl/N-ethyl adjacent to an activating group) is 1. The average molecular weight is 568 g/mol. The number of likely N-dealkylation sites (tertiary alicyclic amines) is 1. The number of urea groups is 1. The van der Waals surface area contributed by atoms with Gasteiger partial charge in [-0.1, -0.05) is 13.8 Å². The monoisotopic (exact) mass is 567 g/mol. The van der Waals surface area contributed by atoms with Crippen LogP contribution < -0.4 is 0 Å². The summed E-state index contributed by atoms with van der Waals surface area (Å²) in [6.45, 7) is 11.2. The molecule has 4 atom stereocenters. The molecule has 4 unspecified atom stereocenters. The maximum Gasteiger partial charge on any atom is 0.320 e. The molecule has 1 aliphatic carbocycles. The molecule has 2 aromatic heterocycles. The third-order valence-electron chi connectivity index (χ3n) is 10.5. The summed E-state index contributed by atoms with van der Waals surface area (Å²) >= 11 is 1.52. The van der Waals surface area contributed by atoms with Crippen LogP contribution in [0.15, 0.2) is 29.7 Å². The Morgan fingerprint density at radius 2 is 1.95 bits per heavy atom. The third-order valence-corrected chi connectivity index (χ3v) is 11.7. The number of allylic oxidation sites excluding steroid dienone is 2. The molecular weight excluding hydrogens is 526 g/mol. The van der Waals surface area contributed by atoms with Crippen molar-refractivity contribution in [3.63, 3.8) is 0 Å². The van der Waals surface area contributed by atoms with Gasteiger partial charge in [-0.15, -0.1) is 11.3 Å². The Kier molecular flexibility index (Phi) is 6.48. The summed E-state index contributed by atoms with van der Waals surface area (Å²) in [5.41, 5.74) is 0.431. The van der Waals surface area contributed by atoms with Crippen molar-refractivity contribution in [2.24, 2.45) is 24.3 Å². The number of nitrogens with zero attached hydrogens (tertiary/aromatic N) is 5. The lowest BCUT2D eigenvalue weighted by atomic mass is 9.63. The summed E-state index contributed by atoms with van der Waals surface area (Å²) in [6, 6.07) is 2.20. The predicted molar refractivity (Wildman–Crippen MR) is 155 cm³/mol. The SMILES string of the molecule is CCN1C(=O)N2CC3C=C(OC)C=C(OC)C3(C)C(C)CC2C12CCN(C(=O)c1cc3c(C)nn(C)c3s1)CC2. The molecule has 3 aliphatic heterocycles. The van der Waals surface area contributed by atoms with Gasteiger partial charge in [0.25, 0.3) is 5.91 Å². The molecule has 3 saturated heterocycles. The minimum absolute atomic E-state index is 0.0829. The van der Waals surface area contributed by atoms with Crippen LogP contribution in [0.3, 0.4) is 0 Å². The average Bonchev–Trinajstić information content (AvgIpc) is 3.54. The second-order valence-corrected chi connectivity index (χ2v) is 13.2. The van der Waals surface area contributed by atoms with Crippen LogP contribution in [0.2, 0.25) is 0 Å². The summed E-state index contributed by atoms with van der Waals surface area (Å²) in [4.78, 5) is 35.7. The maximum atomic E-state index is 14.0. The number of hydrogen-bond donors (Lipinski definition) is 0. The van der Waals surface area contributed by atoms with Gasteiger partial charge in [0.05, 0.1) is 36.4 Å². The van der Waals surface area contributed by atoms with Gasteiger partial charge in [-0.05, 0) is 51.2 Å². The van der Waals surface area contributed by atoms with E-state index in [2.05, 4.69) is 41.7 Å². The Hall–Kier alpha value is -3.01. The molecule has 9 nitrogen and oxygen atoms in total. The van der Waals surface area contributed by atoms with Crippen LogP contribution in [0.4, 0.5) is 4.79 Å². The van der Waals surface area contributed by atoms with Crippen LogP contribution in [-0.4, -0.2) is 88.4 Å². The van der Waals surface area contributed by atoms with Crippen molar-refractivity contribution in [1.29, 1.82) is 0 Å². The van der Waals surface area contributed by atoms with E-state index in [0.29, 0.717) is 26.2 Å². The molecule has 6 rings (SSSR count). The van der Waals surface area contributed by atoms with E-state index in [4.69, 9.17) is 9.47 Å². The molecule has 0 aromatic carbocycles. The number of hydrogen-bond acceptors (Lipinski definition) is 6. The Labute approximate surface area is 240 Å². The van der Waals surface area contributed by atoms with Gasteiger partial charge in [0.1, 0.15) is 16.3 Å². The van der Waals surface area contributed by atoms with Crippen molar-refractivity contribution in [3.8, 4) is 0 Å². The Balaban J connectivity index is 1.28. The molecule has 1 spiro atoms. The van der Waals surface area contributed by atoms with Crippen molar-refractivity contribution < 1.29 is 19.1 Å². The van der Waals surface area contributed by atoms with E-state index >= 15 is 0 Å². The summed E-state index contributed by atoms with van der Waals surface area (Å²) in [7, 11) is 5.34. The molecule has 3 amide bonds. The molecule has 0 bridgehead atoms. The van der Waals surface area contributed by atoms with Crippen LogP contribution in [0.25, 0.3) is 10.2 Å². The fourth-order valence-electron chi connectivity index (χ4n) is 8.05.